The van der Waals surface area contributed by atoms with E-state index < -0.39 is 89.9 Å². The predicted molar refractivity (Wildman–Crippen MR) is 254 cm³/mol. The predicted octanol–water partition coefficient (Wildman–Crippen LogP) is 5.89. The third-order valence-corrected chi connectivity index (χ3v) is 14.7. The van der Waals surface area contributed by atoms with E-state index in [2.05, 4.69) is 5.32 Å². The van der Waals surface area contributed by atoms with Crippen molar-refractivity contribution in [1.29, 1.82) is 0 Å². The summed E-state index contributed by atoms with van der Waals surface area (Å²) in [4.78, 5) is 84.6. The summed E-state index contributed by atoms with van der Waals surface area (Å²) in [6.45, 7) is 12.4. The number of aliphatic hydroxyl groups is 3. The summed E-state index contributed by atoms with van der Waals surface area (Å²) >= 11 is 0. The number of hydrogen-bond acceptors (Lipinski definition) is 14. The highest BCUT2D eigenvalue weighted by Crippen LogP contribution is 2.37. The lowest BCUT2D eigenvalue weighted by Crippen LogP contribution is -2.61. The van der Waals surface area contributed by atoms with E-state index in [0.29, 0.717) is 68.9 Å². The molecule has 3 fully saturated rings. The summed E-state index contributed by atoms with van der Waals surface area (Å²) in [7, 11) is 4.16. The summed E-state index contributed by atoms with van der Waals surface area (Å²) in [5, 5.41) is 36.8. The molecule has 3 heterocycles. The summed E-state index contributed by atoms with van der Waals surface area (Å²) < 4.78 is 28.4. The fourth-order valence-corrected chi connectivity index (χ4v) is 10.2. The van der Waals surface area contributed by atoms with E-state index in [0.717, 1.165) is 4.90 Å². The number of nitrogens with one attached hydrogen (secondary N) is 1. The molecule has 2 saturated heterocycles. The first-order chi connectivity index (χ1) is 32.1. The van der Waals surface area contributed by atoms with E-state index in [9.17, 15) is 44.1 Å². The first-order valence-electron chi connectivity index (χ1n) is 24.6. The lowest BCUT2D eigenvalue weighted by atomic mass is 9.78. The number of piperidine rings is 1. The van der Waals surface area contributed by atoms with Crippen LogP contribution in [0.1, 0.15) is 126 Å². The standard InChI is InChI=1S/C52H80N2O14/c1-30-16-12-11-13-17-31(2)39(53-51(62)66-10)28-38-21-19-36(7)52(63,68-38)48(59)49(60)54-23-15-14-18-40(54)50(61)67-43(33(4)26-37-20-22-41(55)44(27-37)64-8)29-42(56)32(3)25-35(6)46(58)47(65-9)45(57)34(5)24-30/h11-13,16-17,25,30,32-34,36-41,43-44,46-47,55,58,63H,14-15,18-24,26-29H2,1-10H3,(H,53,62)/b13-11+,16-12+,31-17+,35-25+/t30-,32-,33-,34-,36-,37+,38+,39-,40+,41-,43+,44-,46-,47+,52-/m1/s1. The number of methoxy groups -OCH3 is 3. The number of amides is 2. The minimum Gasteiger partial charge on any atom is -0.460 e. The van der Waals surface area contributed by atoms with Crippen molar-refractivity contribution in [3.05, 3.63) is 47.6 Å². The van der Waals surface area contributed by atoms with Gasteiger partial charge < -0.3 is 49.2 Å². The highest BCUT2D eigenvalue weighted by Gasteiger charge is 2.53. The number of carbonyl (C=O) groups is 6. The quantitative estimate of drug-likeness (QED) is 0.139. The smallest absolute Gasteiger partial charge is 0.407 e. The van der Waals surface area contributed by atoms with Gasteiger partial charge in [0.2, 0.25) is 5.79 Å². The Balaban J connectivity index is 1.73. The van der Waals surface area contributed by atoms with Gasteiger partial charge in [-0.15, -0.1) is 0 Å². The number of nitrogens with zero attached hydrogens (tertiary/aromatic N) is 1. The second kappa shape index (κ2) is 26.2. The zero-order chi connectivity index (χ0) is 50.5. The summed E-state index contributed by atoms with van der Waals surface area (Å²) in [6.07, 6.45) is 9.63. The number of aliphatic hydroxyl groups excluding tert-OH is 2. The van der Waals surface area contributed by atoms with Crippen LogP contribution in [0, 0.1) is 35.5 Å². The van der Waals surface area contributed by atoms with Crippen molar-refractivity contribution in [2.45, 2.75) is 180 Å². The first-order valence-corrected chi connectivity index (χ1v) is 24.6. The average Bonchev–Trinajstić information content (AvgIpc) is 3.31. The molecule has 2 bridgehead atoms. The van der Waals surface area contributed by atoms with Gasteiger partial charge in [-0.1, -0.05) is 76.6 Å². The number of alkyl carbamates (subject to hydrolysis) is 1. The molecule has 0 aromatic heterocycles. The van der Waals surface area contributed by atoms with Crippen LogP contribution >= 0.6 is 0 Å². The highest BCUT2D eigenvalue weighted by molar-refractivity contribution is 6.39. The van der Waals surface area contributed by atoms with E-state index in [1.807, 2.05) is 39.0 Å². The van der Waals surface area contributed by atoms with Crippen LogP contribution in [0.2, 0.25) is 0 Å². The number of hydrogen-bond donors (Lipinski definition) is 4. The van der Waals surface area contributed by atoms with Crippen molar-refractivity contribution < 1.29 is 67.8 Å². The van der Waals surface area contributed by atoms with Crippen LogP contribution in [0.15, 0.2) is 47.6 Å². The maximum Gasteiger partial charge on any atom is 0.407 e. The molecule has 16 nitrogen and oxygen atoms in total. The minimum absolute atomic E-state index is 0.0344. The Morgan fingerprint density at radius 3 is 2.29 bits per heavy atom. The number of allylic oxidation sites excluding steroid dienone is 6. The Morgan fingerprint density at radius 2 is 1.62 bits per heavy atom. The number of ether oxygens (including phenoxy) is 5. The van der Waals surface area contributed by atoms with Gasteiger partial charge in [-0.2, -0.15) is 0 Å². The Labute approximate surface area is 403 Å². The van der Waals surface area contributed by atoms with E-state index in [-0.39, 0.29) is 61.2 Å². The van der Waals surface area contributed by atoms with Crippen LogP contribution in [0.5, 0.6) is 0 Å². The highest BCUT2D eigenvalue weighted by atomic mass is 16.6. The van der Waals surface area contributed by atoms with Crippen LogP contribution in [-0.4, -0.2) is 138 Å². The van der Waals surface area contributed by atoms with Gasteiger partial charge in [0.05, 0.1) is 31.5 Å². The Morgan fingerprint density at radius 1 is 0.897 bits per heavy atom. The molecule has 0 spiro atoms. The minimum atomic E-state index is -2.53. The second-order valence-corrected chi connectivity index (χ2v) is 20.1. The van der Waals surface area contributed by atoms with Crippen molar-refractivity contribution in [2.75, 3.05) is 27.9 Å². The first kappa shape index (κ1) is 56.5. The molecule has 16 heteroatoms. The molecule has 382 valence electrons. The van der Waals surface area contributed by atoms with Crippen molar-refractivity contribution in [2.24, 2.45) is 35.5 Å². The Kier molecular flexibility index (Phi) is 21.8. The van der Waals surface area contributed by atoms with Gasteiger partial charge in [0.1, 0.15) is 30.1 Å². The summed E-state index contributed by atoms with van der Waals surface area (Å²) in [5.74, 6) is -8.50. The molecule has 0 aromatic carbocycles. The number of cyclic esters (lactones) is 1. The van der Waals surface area contributed by atoms with Crippen LogP contribution in [0.25, 0.3) is 0 Å². The third-order valence-electron chi connectivity index (χ3n) is 14.7. The molecule has 1 saturated carbocycles. The maximum absolute atomic E-state index is 14.4. The summed E-state index contributed by atoms with van der Waals surface area (Å²) in [6, 6.07) is -1.83. The SMILES string of the molecule is COC(=O)N[C@@H]1C[C@@H]2CC[C@@H](C)[C@@](O)(O2)C(=O)C(=O)N2CCCC[C@H]2C(=O)O[C@H]([C@H](C)C[C@@H]2CC[C@@H](O)[C@H](OC)C2)CC(=O)[C@H](C)/C=C(\C)[C@@H](O)[C@@H](OC)C(=O)[C@H](C)C[C@H](C)/C=C/C=C/C=C/1C. The number of Topliss-reactive ketones (excluding diaryl/α,β-unsaturated/α-hetero) is 3. The molecule has 0 aromatic rings. The molecule has 4 rings (SSSR count). The van der Waals surface area contributed by atoms with Gasteiger partial charge in [0.25, 0.3) is 11.7 Å². The zero-order valence-electron chi connectivity index (χ0n) is 42.0. The second-order valence-electron chi connectivity index (χ2n) is 20.1. The fourth-order valence-electron chi connectivity index (χ4n) is 10.2. The van der Waals surface area contributed by atoms with E-state index >= 15 is 0 Å². The molecule has 0 radical (unpaired) electrons. The van der Waals surface area contributed by atoms with Gasteiger partial charge >= 0.3 is 12.1 Å². The van der Waals surface area contributed by atoms with E-state index in [1.165, 1.54) is 14.2 Å². The molecule has 4 aliphatic rings. The molecule has 4 N–H and O–H groups in total. The normalized spacial score (nSPS) is 39.0. The number of carbonyl (C=O) groups excluding carboxylic acids is 6. The number of fused-ring (bicyclic) bond motifs is 3. The van der Waals surface area contributed by atoms with Crippen LogP contribution in [0.4, 0.5) is 4.79 Å². The van der Waals surface area contributed by atoms with E-state index in [4.69, 9.17) is 23.7 Å². The number of esters is 1. The van der Waals surface area contributed by atoms with Crippen molar-refractivity contribution in [1.82, 2.24) is 10.2 Å². The fraction of sp³-hybridized carbons (Fsp3) is 0.731. The van der Waals surface area contributed by atoms with Gasteiger partial charge in [-0.3, -0.25) is 19.2 Å². The zero-order valence-corrected chi connectivity index (χ0v) is 42.0. The molecular formula is C52H80N2O14. The van der Waals surface area contributed by atoms with Crippen molar-refractivity contribution >= 4 is 35.3 Å². The lowest BCUT2D eigenvalue weighted by Gasteiger charge is -2.43. The maximum atomic E-state index is 14.4. The molecule has 3 aliphatic heterocycles. The van der Waals surface area contributed by atoms with Crippen LogP contribution in [0.3, 0.4) is 0 Å². The monoisotopic (exact) mass is 957 g/mol. The molecule has 68 heavy (non-hydrogen) atoms. The Hall–Kier alpha value is -4.06. The molecule has 15 atom stereocenters. The van der Waals surface area contributed by atoms with Crippen LogP contribution in [-0.2, 0) is 47.7 Å². The number of rotatable bonds is 6. The topological polar surface area (TPSA) is 225 Å². The van der Waals surface area contributed by atoms with Gasteiger partial charge in [0, 0.05) is 44.9 Å². The lowest BCUT2D eigenvalue weighted by molar-refractivity contribution is -0.264. The van der Waals surface area contributed by atoms with Gasteiger partial charge in [-0.05, 0) is 108 Å². The largest absolute Gasteiger partial charge is 0.460 e. The van der Waals surface area contributed by atoms with Gasteiger partial charge in [0.15, 0.2) is 5.78 Å². The summed E-state index contributed by atoms with van der Waals surface area (Å²) in [5.41, 5.74) is 1.08. The van der Waals surface area contributed by atoms with E-state index in [1.54, 1.807) is 53.0 Å². The molecule has 2 amide bonds. The molecule has 0 unspecified atom stereocenters. The Bertz CT molecular complexity index is 1880. The number of ketones is 3. The van der Waals surface area contributed by atoms with Gasteiger partial charge in [-0.25, -0.2) is 9.59 Å². The third kappa shape index (κ3) is 15.0. The molecular weight excluding hydrogens is 877 g/mol. The van der Waals surface area contributed by atoms with Crippen molar-refractivity contribution in [3.63, 3.8) is 0 Å². The average molecular weight is 957 g/mol. The molecule has 1 aliphatic carbocycles. The van der Waals surface area contributed by atoms with Crippen LogP contribution < -0.4 is 5.32 Å². The van der Waals surface area contributed by atoms with Crippen molar-refractivity contribution in [3.8, 4) is 0 Å².